The molecule has 5 nitrogen and oxygen atoms in total. The van der Waals surface area contributed by atoms with E-state index in [2.05, 4.69) is 20.5 Å². The van der Waals surface area contributed by atoms with E-state index >= 15 is 0 Å². The highest BCUT2D eigenvalue weighted by Gasteiger charge is 2.30. The van der Waals surface area contributed by atoms with Crippen molar-refractivity contribution in [3.63, 3.8) is 0 Å². The van der Waals surface area contributed by atoms with Gasteiger partial charge in [-0.2, -0.15) is 18.3 Å². The molecule has 3 rings (SSSR count). The van der Waals surface area contributed by atoms with Crippen molar-refractivity contribution in [3.8, 4) is 11.3 Å². The lowest BCUT2D eigenvalue weighted by Crippen LogP contribution is -2.09. The molecular weight excluding hydrogens is 297 g/mol. The van der Waals surface area contributed by atoms with Crippen LogP contribution in [-0.4, -0.2) is 21.6 Å². The second kappa shape index (κ2) is 5.21. The van der Waals surface area contributed by atoms with Crippen molar-refractivity contribution in [3.05, 3.63) is 47.9 Å². The summed E-state index contributed by atoms with van der Waals surface area (Å²) in [7, 11) is 0. The van der Waals surface area contributed by atoms with E-state index in [1.54, 1.807) is 6.07 Å². The summed E-state index contributed by atoms with van der Waals surface area (Å²) in [6, 6.07) is 6.26. The second-order valence-corrected chi connectivity index (χ2v) is 4.63. The van der Waals surface area contributed by atoms with Crippen molar-refractivity contribution in [2.75, 3.05) is 0 Å². The van der Waals surface area contributed by atoms with E-state index in [4.69, 9.17) is 0 Å². The first-order valence-corrected chi connectivity index (χ1v) is 6.29. The van der Waals surface area contributed by atoms with Crippen LogP contribution in [0.3, 0.4) is 0 Å². The smallest absolute Gasteiger partial charge is 0.273 e. The van der Waals surface area contributed by atoms with Crippen molar-refractivity contribution in [2.45, 2.75) is 12.6 Å². The molecule has 1 aromatic heterocycles. The minimum absolute atomic E-state index is 0.115. The third kappa shape index (κ3) is 2.80. The number of carbonyl (C=O) groups is 1. The number of hydrogen-bond acceptors (Lipinski definition) is 4. The van der Waals surface area contributed by atoms with Crippen molar-refractivity contribution in [1.29, 1.82) is 0 Å². The summed E-state index contributed by atoms with van der Waals surface area (Å²) in [5, 5.41) is 3.85. The highest BCUT2D eigenvalue weighted by atomic mass is 19.4. The fraction of sp³-hybridized carbons (Fsp3) is 0.143. The first-order chi connectivity index (χ1) is 10.4. The van der Waals surface area contributed by atoms with Crippen LogP contribution in [0, 0.1) is 0 Å². The van der Waals surface area contributed by atoms with Crippen molar-refractivity contribution < 1.29 is 18.0 Å². The Kier molecular flexibility index (Phi) is 3.36. The van der Waals surface area contributed by atoms with Crippen LogP contribution in [0.2, 0.25) is 0 Å². The lowest BCUT2D eigenvalue weighted by Gasteiger charge is -2.07. The molecule has 1 aliphatic heterocycles. The maximum atomic E-state index is 12.5. The fourth-order valence-corrected chi connectivity index (χ4v) is 2.01. The van der Waals surface area contributed by atoms with Gasteiger partial charge in [0.05, 0.1) is 29.1 Å². The Hall–Kier alpha value is -2.77. The summed E-state index contributed by atoms with van der Waals surface area (Å²) < 4.78 is 37.6. The zero-order valence-electron chi connectivity index (χ0n) is 11.1. The minimum atomic E-state index is -4.38. The molecule has 1 amide bonds. The number of carbonyl (C=O) groups excluding carboxylic acids is 1. The van der Waals surface area contributed by atoms with E-state index < -0.39 is 11.7 Å². The van der Waals surface area contributed by atoms with Crippen LogP contribution < -0.4 is 5.43 Å². The number of aromatic nitrogens is 2. The normalized spacial score (nSPS) is 14.7. The van der Waals surface area contributed by atoms with Crippen LogP contribution in [-0.2, 0) is 11.0 Å². The molecule has 2 aromatic rings. The Morgan fingerprint density at radius 3 is 2.32 bits per heavy atom. The summed E-state index contributed by atoms with van der Waals surface area (Å²) >= 11 is 0. The van der Waals surface area contributed by atoms with Crippen LogP contribution in [0.5, 0.6) is 0 Å². The van der Waals surface area contributed by atoms with Gasteiger partial charge in [0, 0.05) is 5.56 Å². The standard InChI is InChI=1S/C14H9F3N4O/c15-14(16,17)9-3-1-8(2-4-9)10-5-11(19-7-18-10)12-6-13(22)21-20-12/h1-5,7H,6H2,(H,21,22). The largest absolute Gasteiger partial charge is 0.416 e. The van der Waals surface area contributed by atoms with Gasteiger partial charge in [-0.15, -0.1) is 0 Å². The summed E-state index contributed by atoms with van der Waals surface area (Å²) in [4.78, 5) is 19.2. The van der Waals surface area contributed by atoms with Gasteiger partial charge in [0.2, 0.25) is 5.91 Å². The lowest BCUT2D eigenvalue weighted by molar-refractivity contribution is -0.137. The number of hydrogen-bond donors (Lipinski definition) is 1. The molecule has 0 unspecified atom stereocenters. The molecule has 112 valence electrons. The maximum Gasteiger partial charge on any atom is 0.416 e. The van der Waals surface area contributed by atoms with Crippen LogP contribution in [0.25, 0.3) is 11.3 Å². The predicted octanol–water partition coefficient (Wildman–Crippen LogP) is 2.39. The quantitative estimate of drug-likeness (QED) is 0.926. The average molecular weight is 306 g/mol. The van der Waals surface area contributed by atoms with E-state index in [0.29, 0.717) is 22.7 Å². The maximum absolute atomic E-state index is 12.5. The zero-order chi connectivity index (χ0) is 15.7. The lowest BCUT2D eigenvalue weighted by atomic mass is 10.1. The molecule has 2 heterocycles. The first-order valence-electron chi connectivity index (χ1n) is 6.29. The summed E-state index contributed by atoms with van der Waals surface area (Å²) in [6.45, 7) is 0. The van der Waals surface area contributed by atoms with Gasteiger partial charge in [-0.1, -0.05) is 12.1 Å². The monoisotopic (exact) mass is 306 g/mol. The number of amides is 1. The van der Waals surface area contributed by atoms with Crippen LogP contribution in [0.4, 0.5) is 13.2 Å². The Morgan fingerprint density at radius 1 is 1.05 bits per heavy atom. The van der Waals surface area contributed by atoms with Gasteiger partial charge in [-0.25, -0.2) is 15.4 Å². The number of alkyl halides is 3. The summed E-state index contributed by atoms with van der Waals surface area (Å²) in [5.41, 5.74) is 3.51. The molecule has 0 saturated carbocycles. The van der Waals surface area contributed by atoms with Gasteiger partial charge in [0.25, 0.3) is 0 Å². The van der Waals surface area contributed by atoms with Gasteiger partial charge in [0.15, 0.2) is 0 Å². The SMILES string of the molecule is O=C1CC(c2cc(-c3ccc(C(F)(F)F)cc3)ncn2)=NN1. The highest BCUT2D eigenvalue weighted by Crippen LogP contribution is 2.30. The molecule has 0 aliphatic carbocycles. The molecule has 0 radical (unpaired) electrons. The molecule has 0 atom stereocenters. The van der Waals surface area contributed by atoms with Gasteiger partial charge < -0.3 is 0 Å². The molecule has 1 N–H and O–H groups in total. The third-order valence-electron chi connectivity index (χ3n) is 3.11. The number of hydrazone groups is 1. The summed E-state index contributed by atoms with van der Waals surface area (Å²) in [5.74, 6) is -0.232. The number of halogens is 3. The van der Waals surface area contributed by atoms with Crippen molar-refractivity contribution in [2.24, 2.45) is 5.10 Å². The van der Waals surface area contributed by atoms with Gasteiger partial charge in [-0.05, 0) is 18.2 Å². The van der Waals surface area contributed by atoms with E-state index in [1.165, 1.54) is 18.5 Å². The Labute approximate surface area is 122 Å². The van der Waals surface area contributed by atoms with Crippen LogP contribution in [0.1, 0.15) is 17.7 Å². The molecule has 0 saturated heterocycles. The third-order valence-corrected chi connectivity index (χ3v) is 3.11. The Morgan fingerprint density at radius 2 is 1.73 bits per heavy atom. The van der Waals surface area contributed by atoms with Crippen LogP contribution >= 0.6 is 0 Å². The van der Waals surface area contributed by atoms with Gasteiger partial charge in [-0.3, -0.25) is 4.79 Å². The van der Waals surface area contributed by atoms with Gasteiger partial charge in [0.1, 0.15) is 6.33 Å². The molecule has 8 heteroatoms. The number of nitrogens with zero attached hydrogens (tertiary/aromatic N) is 3. The van der Waals surface area contributed by atoms with Gasteiger partial charge >= 0.3 is 6.18 Å². The van der Waals surface area contributed by atoms with Crippen molar-refractivity contribution in [1.82, 2.24) is 15.4 Å². The van der Waals surface area contributed by atoms with E-state index in [0.717, 1.165) is 12.1 Å². The number of rotatable bonds is 2. The van der Waals surface area contributed by atoms with E-state index in [9.17, 15) is 18.0 Å². The molecule has 0 bridgehead atoms. The number of nitrogens with one attached hydrogen (secondary N) is 1. The molecule has 0 fully saturated rings. The topological polar surface area (TPSA) is 67.2 Å². The fourth-order valence-electron chi connectivity index (χ4n) is 2.01. The van der Waals surface area contributed by atoms with Crippen LogP contribution in [0.15, 0.2) is 41.8 Å². The van der Waals surface area contributed by atoms with E-state index in [1.807, 2.05) is 0 Å². The molecule has 22 heavy (non-hydrogen) atoms. The van der Waals surface area contributed by atoms with Crippen molar-refractivity contribution >= 4 is 11.6 Å². The molecular formula is C14H9F3N4O. The zero-order valence-corrected chi connectivity index (χ0v) is 11.1. The Bertz CT molecular complexity index is 753. The molecule has 0 spiro atoms. The summed E-state index contributed by atoms with van der Waals surface area (Å²) in [6.07, 6.45) is -2.98. The predicted molar refractivity (Wildman–Crippen MR) is 71.8 cm³/mol. The highest BCUT2D eigenvalue weighted by molar-refractivity contribution is 6.12. The minimum Gasteiger partial charge on any atom is -0.273 e. The Balaban J connectivity index is 1.91. The average Bonchev–Trinajstić information content (AvgIpc) is 2.93. The van der Waals surface area contributed by atoms with E-state index in [-0.39, 0.29) is 12.3 Å². The molecule has 1 aliphatic rings. The number of benzene rings is 1. The molecule has 1 aromatic carbocycles. The first kappa shape index (κ1) is 14.2. The second-order valence-electron chi connectivity index (χ2n) is 4.63.